The van der Waals surface area contributed by atoms with Crippen LogP contribution in [-0.4, -0.2) is 59.1 Å². The van der Waals surface area contributed by atoms with Crippen LogP contribution in [0.3, 0.4) is 0 Å². The molecule has 1 amide bonds. The molecule has 1 unspecified atom stereocenters. The number of rotatable bonds is 8. The Labute approximate surface area is 165 Å². The molecule has 2 fully saturated rings. The van der Waals surface area contributed by atoms with Gasteiger partial charge in [-0.1, -0.05) is 23.4 Å². The van der Waals surface area contributed by atoms with Crippen LogP contribution in [0.4, 0.5) is 0 Å². The summed E-state index contributed by atoms with van der Waals surface area (Å²) in [6, 6.07) is 7.05. The SMILES string of the molecule is CNCc1cccc(C(C)N2CC(NC(=O)c3cn(C4CC4)nn3)C2)c1OC. The number of hydrogen-bond donors (Lipinski definition) is 2. The van der Waals surface area contributed by atoms with Gasteiger partial charge >= 0.3 is 0 Å². The van der Waals surface area contributed by atoms with Crippen molar-refractivity contribution in [3.8, 4) is 5.75 Å². The first-order valence-electron chi connectivity index (χ1n) is 9.87. The Hall–Kier alpha value is -2.45. The van der Waals surface area contributed by atoms with E-state index in [1.807, 2.05) is 7.05 Å². The molecule has 1 atom stereocenters. The summed E-state index contributed by atoms with van der Waals surface area (Å²) in [7, 11) is 3.65. The number of hydrogen-bond acceptors (Lipinski definition) is 6. The van der Waals surface area contributed by atoms with E-state index in [9.17, 15) is 4.79 Å². The van der Waals surface area contributed by atoms with E-state index < -0.39 is 0 Å². The van der Waals surface area contributed by atoms with Crippen molar-refractivity contribution < 1.29 is 9.53 Å². The number of nitrogens with zero attached hydrogens (tertiary/aromatic N) is 4. The van der Waals surface area contributed by atoms with Gasteiger partial charge in [-0.25, -0.2) is 4.68 Å². The monoisotopic (exact) mass is 384 g/mol. The molecule has 1 aliphatic heterocycles. The van der Waals surface area contributed by atoms with Gasteiger partial charge in [-0.2, -0.15) is 0 Å². The van der Waals surface area contributed by atoms with Gasteiger partial charge in [0, 0.05) is 36.8 Å². The lowest BCUT2D eigenvalue weighted by Crippen LogP contribution is -2.59. The lowest BCUT2D eigenvalue weighted by molar-refractivity contribution is 0.0666. The van der Waals surface area contributed by atoms with Crippen LogP contribution in [0, 0.1) is 0 Å². The summed E-state index contributed by atoms with van der Waals surface area (Å²) < 4.78 is 7.49. The molecule has 1 saturated carbocycles. The molecular weight excluding hydrogens is 356 g/mol. The Balaban J connectivity index is 1.34. The van der Waals surface area contributed by atoms with Gasteiger partial charge in [-0.15, -0.1) is 5.10 Å². The lowest BCUT2D eigenvalue weighted by atomic mass is 9.97. The molecule has 8 heteroatoms. The quantitative estimate of drug-likeness (QED) is 0.718. The Morgan fingerprint density at radius 2 is 2.14 bits per heavy atom. The number of methoxy groups -OCH3 is 1. The molecule has 2 heterocycles. The van der Waals surface area contributed by atoms with E-state index in [1.54, 1.807) is 18.0 Å². The highest BCUT2D eigenvalue weighted by molar-refractivity contribution is 5.92. The summed E-state index contributed by atoms with van der Waals surface area (Å²) in [6.45, 7) is 4.57. The molecule has 150 valence electrons. The molecule has 4 rings (SSSR count). The highest BCUT2D eigenvalue weighted by atomic mass is 16.5. The maximum Gasteiger partial charge on any atom is 0.273 e. The number of carbonyl (C=O) groups excluding carboxylic acids is 1. The Morgan fingerprint density at radius 1 is 1.36 bits per heavy atom. The van der Waals surface area contributed by atoms with Gasteiger partial charge in [0.25, 0.3) is 5.91 Å². The van der Waals surface area contributed by atoms with Crippen LogP contribution in [0.2, 0.25) is 0 Å². The first-order chi connectivity index (χ1) is 13.6. The zero-order valence-corrected chi connectivity index (χ0v) is 16.7. The third-order valence-corrected chi connectivity index (χ3v) is 5.61. The molecule has 1 aliphatic carbocycles. The number of para-hydroxylation sites is 1. The Kier molecular flexibility index (Phi) is 5.32. The summed E-state index contributed by atoms with van der Waals surface area (Å²) in [5.41, 5.74) is 2.73. The maximum absolute atomic E-state index is 12.4. The minimum absolute atomic E-state index is 0.132. The number of aromatic nitrogens is 3. The minimum atomic E-state index is -0.141. The van der Waals surface area contributed by atoms with Gasteiger partial charge in [0.05, 0.1) is 25.4 Å². The Morgan fingerprint density at radius 3 is 2.82 bits per heavy atom. The van der Waals surface area contributed by atoms with Crippen LogP contribution >= 0.6 is 0 Å². The minimum Gasteiger partial charge on any atom is -0.496 e. The molecule has 2 aliphatic rings. The van der Waals surface area contributed by atoms with E-state index >= 15 is 0 Å². The van der Waals surface area contributed by atoms with Gasteiger partial charge in [-0.05, 0) is 26.8 Å². The van der Waals surface area contributed by atoms with Gasteiger partial charge in [0.2, 0.25) is 0 Å². The van der Waals surface area contributed by atoms with Crippen LogP contribution in [0.15, 0.2) is 24.4 Å². The van der Waals surface area contributed by atoms with Crippen molar-refractivity contribution in [1.29, 1.82) is 0 Å². The lowest BCUT2D eigenvalue weighted by Gasteiger charge is -2.43. The predicted octanol–water partition coefficient (Wildman–Crippen LogP) is 1.52. The second-order valence-electron chi connectivity index (χ2n) is 7.69. The fourth-order valence-corrected chi connectivity index (χ4v) is 3.79. The van der Waals surface area contributed by atoms with E-state index in [2.05, 4.69) is 51.0 Å². The van der Waals surface area contributed by atoms with Crippen molar-refractivity contribution >= 4 is 5.91 Å². The summed E-state index contributed by atoms with van der Waals surface area (Å²) in [5, 5.41) is 14.3. The number of benzene rings is 1. The predicted molar refractivity (Wildman–Crippen MR) is 105 cm³/mol. The summed E-state index contributed by atoms with van der Waals surface area (Å²) in [5.74, 6) is 0.798. The second kappa shape index (κ2) is 7.89. The normalized spacial score (nSPS) is 18.5. The van der Waals surface area contributed by atoms with Gasteiger partial charge < -0.3 is 15.4 Å². The number of carbonyl (C=O) groups is 1. The molecule has 2 N–H and O–H groups in total. The van der Waals surface area contributed by atoms with Crippen molar-refractivity contribution in [2.45, 2.75) is 44.4 Å². The first kappa shape index (κ1) is 18.9. The Bertz CT molecular complexity index is 841. The highest BCUT2D eigenvalue weighted by Crippen LogP contribution is 2.35. The molecule has 1 aromatic carbocycles. The first-order valence-corrected chi connectivity index (χ1v) is 9.87. The molecule has 0 spiro atoms. The smallest absolute Gasteiger partial charge is 0.273 e. The van der Waals surface area contributed by atoms with Crippen molar-refractivity contribution in [2.24, 2.45) is 0 Å². The van der Waals surface area contributed by atoms with Crippen molar-refractivity contribution in [2.75, 3.05) is 27.2 Å². The second-order valence-corrected chi connectivity index (χ2v) is 7.69. The van der Waals surface area contributed by atoms with Crippen molar-refractivity contribution in [3.05, 3.63) is 41.2 Å². The summed E-state index contributed by atoms with van der Waals surface area (Å²) in [6.07, 6.45) is 4.00. The molecule has 0 bridgehead atoms. The molecule has 1 saturated heterocycles. The molecule has 0 radical (unpaired) electrons. The van der Waals surface area contributed by atoms with Crippen molar-refractivity contribution in [3.63, 3.8) is 0 Å². The fraction of sp³-hybridized carbons (Fsp3) is 0.550. The van der Waals surface area contributed by atoms with E-state index in [1.165, 1.54) is 5.56 Å². The van der Waals surface area contributed by atoms with E-state index in [0.29, 0.717) is 11.7 Å². The molecule has 2 aromatic rings. The van der Waals surface area contributed by atoms with Gasteiger partial charge in [0.15, 0.2) is 5.69 Å². The summed E-state index contributed by atoms with van der Waals surface area (Å²) >= 11 is 0. The zero-order chi connectivity index (χ0) is 19.7. The number of ether oxygens (including phenoxy) is 1. The van der Waals surface area contributed by atoms with Crippen molar-refractivity contribution in [1.82, 2.24) is 30.5 Å². The average molecular weight is 384 g/mol. The number of likely N-dealkylation sites (tertiary alicyclic amines) is 1. The summed E-state index contributed by atoms with van der Waals surface area (Å²) in [4.78, 5) is 14.7. The maximum atomic E-state index is 12.4. The average Bonchev–Trinajstić information content (AvgIpc) is 3.40. The standard InChI is InChI=1S/C20H28N6O2/c1-13(17-6-4-5-14(9-21-2)19(17)28-3)25-10-15(11-25)22-20(27)18-12-26(24-23-18)16-7-8-16/h4-6,12-13,15-16,21H,7-11H2,1-3H3,(H,22,27). The number of nitrogens with one attached hydrogen (secondary N) is 2. The molecule has 28 heavy (non-hydrogen) atoms. The molecule has 8 nitrogen and oxygen atoms in total. The van der Waals surface area contributed by atoms with E-state index in [0.717, 1.165) is 43.8 Å². The van der Waals surface area contributed by atoms with Gasteiger partial charge in [-0.3, -0.25) is 9.69 Å². The van der Waals surface area contributed by atoms with E-state index in [4.69, 9.17) is 4.74 Å². The molecular formula is C20H28N6O2. The fourth-order valence-electron chi connectivity index (χ4n) is 3.79. The number of amides is 1. The topological polar surface area (TPSA) is 84.3 Å². The largest absolute Gasteiger partial charge is 0.496 e. The van der Waals surface area contributed by atoms with Crippen LogP contribution < -0.4 is 15.4 Å². The third kappa shape index (κ3) is 3.74. The van der Waals surface area contributed by atoms with Crippen LogP contribution in [0.5, 0.6) is 5.75 Å². The van der Waals surface area contributed by atoms with Crippen LogP contribution in [0.25, 0.3) is 0 Å². The van der Waals surface area contributed by atoms with Crippen LogP contribution in [0.1, 0.15) is 53.5 Å². The zero-order valence-electron chi connectivity index (χ0n) is 16.7. The van der Waals surface area contributed by atoms with E-state index in [-0.39, 0.29) is 18.0 Å². The third-order valence-electron chi connectivity index (χ3n) is 5.61. The van der Waals surface area contributed by atoms with Gasteiger partial charge in [0.1, 0.15) is 5.75 Å². The molecule has 1 aromatic heterocycles. The van der Waals surface area contributed by atoms with Crippen LogP contribution in [-0.2, 0) is 6.54 Å². The highest BCUT2D eigenvalue weighted by Gasteiger charge is 2.34.